The number of halogens is 3. The molecule has 1 saturated carbocycles. The van der Waals surface area contributed by atoms with Crippen molar-refractivity contribution in [1.82, 2.24) is 4.90 Å². The van der Waals surface area contributed by atoms with E-state index in [1.807, 2.05) is 6.07 Å². The molecule has 0 aromatic heterocycles. The predicted molar refractivity (Wildman–Crippen MR) is 133 cm³/mol. The van der Waals surface area contributed by atoms with Crippen molar-refractivity contribution in [2.24, 2.45) is 11.8 Å². The predicted octanol–water partition coefficient (Wildman–Crippen LogP) is 7.08. The zero-order chi connectivity index (χ0) is 25.4. The number of hydrogen-bond donors (Lipinski definition) is 1. The zero-order valence-corrected chi connectivity index (χ0v) is 20.9. The average Bonchev–Trinajstić information content (AvgIpc) is 3.08. The van der Waals surface area contributed by atoms with Crippen molar-refractivity contribution in [3.63, 3.8) is 0 Å². The molecule has 1 aliphatic carbocycles. The van der Waals surface area contributed by atoms with E-state index in [1.54, 1.807) is 18.2 Å². The van der Waals surface area contributed by atoms with Crippen LogP contribution in [0.4, 0.5) is 13.2 Å². The Morgan fingerprint density at radius 1 is 1.03 bits per heavy atom. The second kappa shape index (κ2) is 10.2. The van der Waals surface area contributed by atoms with E-state index in [-0.39, 0.29) is 35.2 Å². The summed E-state index contributed by atoms with van der Waals surface area (Å²) in [5.41, 5.74) is 0.204. The Morgan fingerprint density at radius 3 is 2.31 bits per heavy atom. The number of ether oxygens (including phenoxy) is 1. The lowest BCUT2D eigenvalue weighted by atomic mass is 9.86. The largest absolute Gasteiger partial charge is 0.490 e. The second-order valence-corrected chi connectivity index (χ2v) is 11.0. The Hall–Kier alpha value is -2.28. The van der Waals surface area contributed by atoms with E-state index in [4.69, 9.17) is 4.74 Å². The molecule has 0 spiro atoms. The summed E-state index contributed by atoms with van der Waals surface area (Å²) in [7, 11) is 0. The Balaban J connectivity index is 1.35. The van der Waals surface area contributed by atoms with Crippen LogP contribution in [0.15, 0.2) is 30.3 Å². The molecule has 2 saturated heterocycles. The molecule has 4 nitrogen and oxygen atoms in total. The molecule has 2 heterocycles. The summed E-state index contributed by atoms with van der Waals surface area (Å²) in [6.45, 7) is 2.91. The van der Waals surface area contributed by atoms with Gasteiger partial charge in [0.05, 0.1) is 12.0 Å². The minimum absolute atomic E-state index is 0.0547. The number of hydrogen-bond acceptors (Lipinski definition) is 3. The van der Waals surface area contributed by atoms with Gasteiger partial charge in [-0.25, -0.2) is 0 Å². The third-order valence-corrected chi connectivity index (χ3v) is 8.89. The van der Waals surface area contributed by atoms with Crippen LogP contribution in [0.3, 0.4) is 0 Å². The quantitative estimate of drug-likeness (QED) is 0.439. The first-order chi connectivity index (χ1) is 17.2. The Bertz CT molecular complexity index is 1080. The van der Waals surface area contributed by atoms with E-state index < -0.39 is 17.7 Å². The standard InChI is InChI=1S/C29H36F3NO3/c1-2-18-4-10-24(11-5-18)36-26-12-7-20-6-3-19(15-25(20)27(26)29(30,31)32)13-14-33-22-8-9-23(33)17-21(16-22)28(34)35/h3,6-7,12,15,18,21-24H,2,4-5,8-11,13-14,16-17H2,1H3,(H,34,35)/t18?,21?,22-,23?,24?/m0/s1. The van der Waals surface area contributed by atoms with Crippen LogP contribution in [0.5, 0.6) is 5.75 Å². The summed E-state index contributed by atoms with van der Waals surface area (Å²) in [6, 6.07) is 9.13. The molecule has 0 amide bonds. The van der Waals surface area contributed by atoms with Gasteiger partial charge in [0.2, 0.25) is 0 Å². The molecular formula is C29H36F3NO3. The first-order valence-electron chi connectivity index (χ1n) is 13.5. The summed E-state index contributed by atoms with van der Waals surface area (Å²) < 4.78 is 49.0. The molecule has 36 heavy (non-hydrogen) atoms. The molecule has 3 aliphatic rings. The second-order valence-electron chi connectivity index (χ2n) is 11.0. The van der Waals surface area contributed by atoms with Crippen LogP contribution >= 0.6 is 0 Å². The summed E-state index contributed by atoms with van der Waals surface area (Å²) >= 11 is 0. The lowest BCUT2D eigenvalue weighted by Crippen LogP contribution is -2.45. The van der Waals surface area contributed by atoms with Gasteiger partial charge in [-0.15, -0.1) is 0 Å². The fraction of sp³-hybridized carbons (Fsp3) is 0.621. The number of carbonyl (C=O) groups is 1. The molecule has 0 radical (unpaired) electrons. The van der Waals surface area contributed by atoms with Crippen LogP contribution < -0.4 is 4.74 Å². The maximum absolute atomic E-state index is 14.3. The van der Waals surface area contributed by atoms with Gasteiger partial charge in [0.1, 0.15) is 11.3 Å². The van der Waals surface area contributed by atoms with E-state index in [1.165, 1.54) is 6.07 Å². The monoisotopic (exact) mass is 503 g/mol. The molecular weight excluding hydrogens is 467 g/mol. The molecule has 3 atom stereocenters. The molecule has 2 aromatic rings. The molecule has 5 rings (SSSR count). The number of rotatable bonds is 7. The number of carboxylic acid groups (broad SMARTS) is 1. The molecule has 2 unspecified atom stereocenters. The van der Waals surface area contributed by atoms with Gasteiger partial charge in [0.15, 0.2) is 0 Å². The van der Waals surface area contributed by atoms with Crippen molar-refractivity contribution in [3.8, 4) is 5.75 Å². The van der Waals surface area contributed by atoms with Gasteiger partial charge in [-0.05, 0) is 86.1 Å². The lowest BCUT2D eigenvalue weighted by Gasteiger charge is -2.37. The molecule has 196 valence electrons. The van der Waals surface area contributed by atoms with Crippen LogP contribution in [-0.4, -0.2) is 40.7 Å². The number of carboxylic acids is 1. The molecule has 3 fully saturated rings. The number of fused-ring (bicyclic) bond motifs is 3. The van der Waals surface area contributed by atoms with Crippen molar-refractivity contribution in [3.05, 3.63) is 41.5 Å². The fourth-order valence-electron chi connectivity index (χ4n) is 6.83. The van der Waals surface area contributed by atoms with E-state index in [2.05, 4.69) is 11.8 Å². The van der Waals surface area contributed by atoms with E-state index in [0.29, 0.717) is 30.6 Å². The van der Waals surface area contributed by atoms with Gasteiger partial charge in [-0.1, -0.05) is 37.6 Å². The number of alkyl halides is 3. The van der Waals surface area contributed by atoms with Crippen molar-refractivity contribution in [1.29, 1.82) is 0 Å². The highest BCUT2D eigenvalue weighted by Gasteiger charge is 2.42. The van der Waals surface area contributed by atoms with Gasteiger partial charge in [0.25, 0.3) is 0 Å². The number of aliphatic carboxylic acids is 1. The minimum atomic E-state index is -4.51. The lowest BCUT2D eigenvalue weighted by molar-refractivity contribution is -0.144. The van der Waals surface area contributed by atoms with Gasteiger partial charge < -0.3 is 9.84 Å². The highest BCUT2D eigenvalue weighted by molar-refractivity contribution is 5.89. The molecule has 2 aromatic carbocycles. The van der Waals surface area contributed by atoms with Crippen LogP contribution in [0, 0.1) is 11.8 Å². The number of benzene rings is 2. The van der Waals surface area contributed by atoms with Gasteiger partial charge in [0, 0.05) is 18.6 Å². The topological polar surface area (TPSA) is 49.8 Å². The van der Waals surface area contributed by atoms with Gasteiger partial charge >= 0.3 is 12.1 Å². The summed E-state index contributed by atoms with van der Waals surface area (Å²) in [6.07, 6.45) is 4.04. The number of piperidine rings is 1. The number of nitrogens with zero attached hydrogens (tertiary/aromatic N) is 1. The Labute approximate surface area is 210 Å². The molecule has 2 bridgehead atoms. The highest BCUT2D eigenvalue weighted by atomic mass is 19.4. The van der Waals surface area contributed by atoms with E-state index in [9.17, 15) is 23.1 Å². The Morgan fingerprint density at radius 2 is 1.69 bits per heavy atom. The van der Waals surface area contributed by atoms with Crippen molar-refractivity contribution in [2.75, 3.05) is 6.54 Å². The maximum Gasteiger partial charge on any atom is 0.420 e. The van der Waals surface area contributed by atoms with E-state index >= 15 is 0 Å². The summed E-state index contributed by atoms with van der Waals surface area (Å²) in [5, 5.41) is 10.2. The molecule has 1 N–H and O–H groups in total. The van der Waals surface area contributed by atoms with Crippen molar-refractivity contribution in [2.45, 2.75) is 95.5 Å². The van der Waals surface area contributed by atoms with Gasteiger partial charge in [-0.3, -0.25) is 9.69 Å². The minimum Gasteiger partial charge on any atom is -0.490 e. The summed E-state index contributed by atoms with van der Waals surface area (Å²) in [5.74, 6) is -0.390. The van der Waals surface area contributed by atoms with Crippen molar-refractivity contribution < 1.29 is 27.8 Å². The van der Waals surface area contributed by atoms with Crippen LogP contribution in [0.25, 0.3) is 10.8 Å². The first kappa shape index (κ1) is 25.4. The van der Waals surface area contributed by atoms with Crippen molar-refractivity contribution >= 4 is 16.7 Å². The Kier molecular flexibility index (Phi) is 7.21. The third-order valence-electron chi connectivity index (χ3n) is 8.89. The SMILES string of the molecule is CCC1CCC(Oc2ccc3ccc(CCN4C5CC[C@H]4CC(C(=O)O)C5)cc3c2C(F)(F)F)CC1. The maximum atomic E-state index is 14.3. The summed E-state index contributed by atoms with van der Waals surface area (Å²) in [4.78, 5) is 13.8. The third kappa shape index (κ3) is 5.22. The smallest absolute Gasteiger partial charge is 0.420 e. The highest BCUT2D eigenvalue weighted by Crippen LogP contribution is 2.43. The molecule has 2 aliphatic heterocycles. The normalized spacial score (nSPS) is 28.9. The first-order valence-corrected chi connectivity index (χ1v) is 13.5. The van der Waals surface area contributed by atoms with Crippen LogP contribution in [-0.2, 0) is 17.4 Å². The molecule has 7 heteroatoms. The van der Waals surface area contributed by atoms with E-state index in [0.717, 1.165) is 57.1 Å². The van der Waals surface area contributed by atoms with Gasteiger partial charge in [-0.2, -0.15) is 13.2 Å². The fourth-order valence-corrected chi connectivity index (χ4v) is 6.83. The average molecular weight is 504 g/mol. The van der Waals surface area contributed by atoms with Crippen LogP contribution in [0.1, 0.15) is 75.8 Å². The zero-order valence-electron chi connectivity index (χ0n) is 20.9. The van der Waals surface area contributed by atoms with Crippen LogP contribution in [0.2, 0.25) is 0 Å².